The van der Waals surface area contributed by atoms with Crippen molar-refractivity contribution in [3.05, 3.63) is 48.9 Å². The summed E-state index contributed by atoms with van der Waals surface area (Å²) in [5, 5.41) is 0. The van der Waals surface area contributed by atoms with E-state index in [4.69, 9.17) is 4.74 Å². The number of hydrogen-bond acceptors (Lipinski definition) is 2. The second-order valence-electron chi connectivity index (χ2n) is 4.79. The van der Waals surface area contributed by atoms with E-state index < -0.39 is 6.36 Å². The van der Waals surface area contributed by atoms with Gasteiger partial charge >= 0.3 is 0 Å². The lowest BCUT2D eigenvalue weighted by molar-refractivity contribution is 0.0861. The van der Waals surface area contributed by atoms with Crippen molar-refractivity contribution in [2.45, 2.75) is 27.1 Å². The summed E-state index contributed by atoms with van der Waals surface area (Å²) in [5.74, 6) is 1.33. The fourth-order valence-electron chi connectivity index (χ4n) is 2.08. The predicted molar refractivity (Wildman–Crippen MR) is 84.6 cm³/mol. The van der Waals surface area contributed by atoms with Crippen LogP contribution in [0.5, 0.6) is 5.75 Å². The quantitative estimate of drug-likeness (QED) is 0.791. The van der Waals surface area contributed by atoms with Crippen LogP contribution in [-0.4, -0.2) is 15.9 Å². The van der Waals surface area contributed by atoms with Crippen molar-refractivity contribution in [3.63, 3.8) is 0 Å². The van der Waals surface area contributed by atoms with Gasteiger partial charge in [-0.25, -0.2) is 9.37 Å². The zero-order valence-electron chi connectivity index (χ0n) is 12.5. The number of nitrogens with zero attached hydrogens (tertiary/aromatic N) is 2. The van der Waals surface area contributed by atoms with Gasteiger partial charge in [-0.3, -0.25) is 4.57 Å². The Morgan fingerprint density at radius 3 is 2.57 bits per heavy atom. The molecule has 0 amide bonds. The van der Waals surface area contributed by atoms with Crippen molar-refractivity contribution in [1.82, 2.24) is 9.55 Å². The normalized spacial score (nSPS) is 12.6. The first-order valence-corrected chi connectivity index (χ1v) is 6.80. The van der Waals surface area contributed by atoms with E-state index in [-0.39, 0.29) is 0 Å². The van der Waals surface area contributed by atoms with E-state index in [1.807, 2.05) is 42.8 Å². The van der Waals surface area contributed by atoms with Crippen LogP contribution in [-0.2, 0) is 0 Å². The van der Waals surface area contributed by atoms with Gasteiger partial charge in [-0.1, -0.05) is 12.7 Å². The minimum atomic E-state index is -1.32. The van der Waals surface area contributed by atoms with E-state index >= 15 is 0 Å². The van der Waals surface area contributed by atoms with E-state index in [1.165, 1.54) is 6.92 Å². The number of alkyl halides is 1. The third-order valence-corrected chi connectivity index (χ3v) is 2.93. The zero-order valence-corrected chi connectivity index (χ0v) is 12.5. The van der Waals surface area contributed by atoms with Crippen molar-refractivity contribution in [1.29, 1.82) is 0 Å². The van der Waals surface area contributed by atoms with Crippen molar-refractivity contribution in [2.24, 2.45) is 0 Å². The van der Waals surface area contributed by atoms with Crippen LogP contribution >= 0.6 is 0 Å². The molecule has 0 bridgehead atoms. The van der Waals surface area contributed by atoms with E-state index in [9.17, 15) is 4.39 Å². The van der Waals surface area contributed by atoms with Crippen LogP contribution in [0.15, 0.2) is 43.1 Å². The standard InChI is InChI=1S/C17H19FN2O/c1-5-10-20-16(11-19-17(20)12(2)3)14-6-8-15(9-7-14)21-13(4)18/h5-11,13H,2H2,1,3-4H3/b10-5-. The number of benzene rings is 1. The molecule has 0 aliphatic carbocycles. The van der Waals surface area contributed by atoms with Crippen LogP contribution in [0.2, 0.25) is 0 Å². The molecule has 1 atom stereocenters. The Balaban J connectivity index is 2.40. The first-order valence-electron chi connectivity index (χ1n) is 6.80. The lowest BCUT2D eigenvalue weighted by Crippen LogP contribution is -2.03. The summed E-state index contributed by atoms with van der Waals surface area (Å²) in [5.41, 5.74) is 2.82. The third kappa shape index (κ3) is 3.40. The van der Waals surface area contributed by atoms with Crippen molar-refractivity contribution >= 4 is 11.8 Å². The highest BCUT2D eigenvalue weighted by Gasteiger charge is 2.10. The largest absolute Gasteiger partial charge is 0.461 e. The summed E-state index contributed by atoms with van der Waals surface area (Å²) in [4.78, 5) is 4.40. The molecule has 1 aromatic heterocycles. The number of ether oxygens (including phenoxy) is 1. The summed E-state index contributed by atoms with van der Waals surface area (Å²) >= 11 is 0. The van der Waals surface area contributed by atoms with Crippen molar-refractivity contribution in [3.8, 4) is 17.0 Å². The monoisotopic (exact) mass is 286 g/mol. The molecule has 110 valence electrons. The van der Waals surface area contributed by atoms with E-state index in [0.717, 1.165) is 22.7 Å². The number of allylic oxidation sites excluding steroid dienone is 2. The van der Waals surface area contributed by atoms with Gasteiger partial charge in [0.1, 0.15) is 11.6 Å². The first kappa shape index (κ1) is 15.0. The molecule has 3 nitrogen and oxygen atoms in total. The Kier molecular flexibility index (Phi) is 4.58. The second kappa shape index (κ2) is 6.39. The Hall–Kier alpha value is -2.36. The summed E-state index contributed by atoms with van der Waals surface area (Å²) in [6.07, 6.45) is 4.37. The molecule has 0 fully saturated rings. The van der Waals surface area contributed by atoms with Crippen LogP contribution in [0.3, 0.4) is 0 Å². The topological polar surface area (TPSA) is 27.1 Å². The van der Waals surface area contributed by atoms with Gasteiger partial charge in [0.15, 0.2) is 0 Å². The number of aromatic nitrogens is 2. The average Bonchev–Trinajstić information content (AvgIpc) is 2.83. The molecular weight excluding hydrogens is 267 g/mol. The van der Waals surface area contributed by atoms with E-state index in [1.54, 1.807) is 18.3 Å². The molecule has 0 saturated heterocycles. The molecule has 0 saturated carbocycles. The Morgan fingerprint density at radius 2 is 2.05 bits per heavy atom. The van der Waals surface area contributed by atoms with Crippen LogP contribution in [0, 0.1) is 0 Å². The summed E-state index contributed by atoms with van der Waals surface area (Å²) in [6.45, 7) is 9.17. The lowest BCUT2D eigenvalue weighted by atomic mass is 10.1. The molecule has 0 aliphatic rings. The molecule has 21 heavy (non-hydrogen) atoms. The molecule has 1 aromatic carbocycles. The molecule has 4 heteroatoms. The SMILES string of the molecule is C=C(C)c1ncc(-c2ccc(OC(C)F)cc2)n1/C=C\C. The number of halogens is 1. The first-order chi connectivity index (χ1) is 10.0. The van der Waals surface area contributed by atoms with Gasteiger partial charge in [-0.05, 0) is 43.7 Å². The van der Waals surface area contributed by atoms with Crippen molar-refractivity contribution < 1.29 is 9.13 Å². The Bertz CT molecular complexity index is 654. The fourth-order valence-corrected chi connectivity index (χ4v) is 2.08. The molecule has 1 unspecified atom stereocenters. The Morgan fingerprint density at radius 1 is 1.38 bits per heavy atom. The minimum absolute atomic E-state index is 0.506. The highest BCUT2D eigenvalue weighted by atomic mass is 19.1. The molecule has 2 rings (SSSR count). The van der Waals surface area contributed by atoms with Gasteiger partial charge in [0.05, 0.1) is 11.9 Å². The van der Waals surface area contributed by atoms with Crippen LogP contribution in [0.4, 0.5) is 4.39 Å². The van der Waals surface area contributed by atoms with Crippen LogP contribution < -0.4 is 4.74 Å². The lowest BCUT2D eigenvalue weighted by Gasteiger charge is -2.09. The molecule has 0 aliphatic heterocycles. The smallest absolute Gasteiger partial charge is 0.235 e. The Labute approximate surface area is 124 Å². The maximum Gasteiger partial charge on any atom is 0.235 e. The summed E-state index contributed by atoms with van der Waals surface area (Å²) in [7, 11) is 0. The van der Waals surface area contributed by atoms with Gasteiger partial charge in [0.2, 0.25) is 6.36 Å². The maximum atomic E-state index is 12.8. The van der Waals surface area contributed by atoms with Gasteiger partial charge in [-0.2, -0.15) is 0 Å². The molecule has 1 heterocycles. The average molecular weight is 286 g/mol. The third-order valence-electron chi connectivity index (χ3n) is 2.93. The highest BCUT2D eigenvalue weighted by molar-refractivity contribution is 5.68. The minimum Gasteiger partial charge on any atom is -0.461 e. The number of hydrogen-bond donors (Lipinski definition) is 0. The summed E-state index contributed by atoms with van der Waals surface area (Å²) < 4.78 is 19.8. The highest BCUT2D eigenvalue weighted by Crippen LogP contribution is 2.26. The zero-order chi connectivity index (χ0) is 15.4. The second-order valence-corrected chi connectivity index (χ2v) is 4.79. The van der Waals surface area contributed by atoms with E-state index in [2.05, 4.69) is 11.6 Å². The molecule has 0 N–H and O–H groups in total. The van der Waals surface area contributed by atoms with Crippen LogP contribution in [0.1, 0.15) is 26.6 Å². The van der Waals surface area contributed by atoms with Crippen LogP contribution in [0.25, 0.3) is 23.0 Å². The number of imidazole rings is 1. The van der Waals surface area contributed by atoms with Gasteiger partial charge in [0, 0.05) is 18.7 Å². The molecular formula is C17H19FN2O. The predicted octanol–water partition coefficient (Wildman–Crippen LogP) is 4.77. The van der Waals surface area contributed by atoms with E-state index in [0.29, 0.717) is 5.75 Å². The molecule has 0 radical (unpaired) electrons. The molecule has 2 aromatic rings. The van der Waals surface area contributed by atoms with Gasteiger partial charge in [-0.15, -0.1) is 0 Å². The number of rotatable bonds is 5. The van der Waals surface area contributed by atoms with Gasteiger partial charge < -0.3 is 4.74 Å². The fraction of sp³-hybridized carbons (Fsp3) is 0.235. The van der Waals surface area contributed by atoms with Crippen molar-refractivity contribution in [2.75, 3.05) is 0 Å². The maximum absolute atomic E-state index is 12.8. The molecule has 0 spiro atoms. The van der Waals surface area contributed by atoms with Gasteiger partial charge in [0.25, 0.3) is 0 Å². The summed E-state index contributed by atoms with van der Waals surface area (Å²) in [6, 6.07) is 7.27.